The summed E-state index contributed by atoms with van der Waals surface area (Å²) < 4.78 is 6.01. The monoisotopic (exact) mass is 327 g/mol. The van der Waals surface area contributed by atoms with E-state index in [0.29, 0.717) is 5.33 Å². The van der Waals surface area contributed by atoms with Crippen molar-refractivity contribution in [3.05, 3.63) is 33.9 Å². The number of rotatable bonds is 4. The van der Waals surface area contributed by atoms with Crippen LogP contribution in [0.15, 0.2) is 18.2 Å². The smallest absolute Gasteiger partial charge is 0.270 e. The number of ether oxygens (including phenoxy) is 1. The summed E-state index contributed by atoms with van der Waals surface area (Å²) in [5, 5.41) is 11.3. The molecule has 0 aliphatic heterocycles. The first-order valence-corrected chi connectivity index (χ1v) is 7.72. The van der Waals surface area contributed by atoms with Gasteiger partial charge in [0.2, 0.25) is 0 Å². The third-order valence-corrected chi connectivity index (χ3v) is 4.26. The van der Waals surface area contributed by atoms with Gasteiger partial charge in [0.25, 0.3) is 5.69 Å². The Morgan fingerprint density at radius 2 is 2.05 bits per heavy atom. The summed E-state index contributed by atoms with van der Waals surface area (Å²) in [6.45, 7) is 2.27. The molecule has 19 heavy (non-hydrogen) atoms. The lowest BCUT2D eigenvalue weighted by molar-refractivity contribution is -0.384. The molecule has 1 aliphatic rings. The number of nitrogens with zero attached hydrogens (tertiary/aromatic N) is 1. The van der Waals surface area contributed by atoms with E-state index in [1.54, 1.807) is 12.1 Å². The predicted octanol–water partition coefficient (Wildman–Crippen LogP) is 4.45. The summed E-state index contributed by atoms with van der Waals surface area (Å²) in [6.07, 6.45) is 4.78. The lowest BCUT2D eigenvalue weighted by Crippen LogP contribution is -2.23. The van der Waals surface area contributed by atoms with Crippen LogP contribution in [0, 0.1) is 16.0 Å². The summed E-state index contributed by atoms with van der Waals surface area (Å²) in [7, 11) is 0. The van der Waals surface area contributed by atoms with Gasteiger partial charge in [-0.1, -0.05) is 22.9 Å². The molecule has 2 rings (SSSR count). The summed E-state index contributed by atoms with van der Waals surface area (Å²) in [5.74, 6) is 1.55. The van der Waals surface area contributed by atoms with Gasteiger partial charge in [-0.2, -0.15) is 0 Å². The number of alkyl halides is 1. The molecule has 4 nitrogen and oxygen atoms in total. The predicted molar refractivity (Wildman–Crippen MR) is 77.8 cm³/mol. The van der Waals surface area contributed by atoms with E-state index < -0.39 is 0 Å². The Bertz CT molecular complexity index is 456. The van der Waals surface area contributed by atoms with Gasteiger partial charge in [-0.15, -0.1) is 0 Å². The van der Waals surface area contributed by atoms with Gasteiger partial charge in [-0.05, 0) is 37.7 Å². The molecule has 0 spiro atoms. The molecule has 0 aromatic heterocycles. The van der Waals surface area contributed by atoms with Crippen molar-refractivity contribution in [3.8, 4) is 5.75 Å². The molecule has 5 heteroatoms. The number of nitro benzene ring substituents is 1. The van der Waals surface area contributed by atoms with E-state index in [0.717, 1.165) is 30.1 Å². The molecule has 0 bridgehead atoms. The van der Waals surface area contributed by atoms with Gasteiger partial charge in [0.15, 0.2) is 0 Å². The quantitative estimate of drug-likeness (QED) is 0.466. The Labute approximate surface area is 121 Å². The van der Waals surface area contributed by atoms with Crippen LogP contribution in [0.4, 0.5) is 5.69 Å². The highest BCUT2D eigenvalue weighted by Crippen LogP contribution is 2.31. The summed E-state index contributed by atoms with van der Waals surface area (Å²) >= 11 is 3.36. The minimum Gasteiger partial charge on any atom is -0.490 e. The van der Waals surface area contributed by atoms with E-state index in [1.165, 1.54) is 18.9 Å². The van der Waals surface area contributed by atoms with Crippen LogP contribution in [-0.4, -0.2) is 11.0 Å². The van der Waals surface area contributed by atoms with Gasteiger partial charge in [-0.3, -0.25) is 10.1 Å². The Hall–Kier alpha value is -1.10. The fourth-order valence-corrected chi connectivity index (χ4v) is 2.86. The zero-order valence-electron chi connectivity index (χ0n) is 11.0. The van der Waals surface area contributed by atoms with Gasteiger partial charge in [0.05, 0.1) is 11.0 Å². The third-order valence-electron chi connectivity index (χ3n) is 3.66. The van der Waals surface area contributed by atoms with Crippen molar-refractivity contribution in [3.63, 3.8) is 0 Å². The van der Waals surface area contributed by atoms with Crippen molar-refractivity contribution in [1.82, 2.24) is 0 Å². The number of halogens is 1. The lowest BCUT2D eigenvalue weighted by Gasteiger charge is -2.27. The molecule has 104 valence electrons. The highest BCUT2D eigenvalue weighted by Gasteiger charge is 2.21. The fourth-order valence-electron chi connectivity index (χ4n) is 2.43. The number of hydrogen-bond donors (Lipinski definition) is 0. The van der Waals surface area contributed by atoms with Crippen molar-refractivity contribution >= 4 is 21.6 Å². The maximum absolute atomic E-state index is 10.8. The van der Waals surface area contributed by atoms with Crippen molar-refractivity contribution in [1.29, 1.82) is 0 Å². The summed E-state index contributed by atoms with van der Waals surface area (Å²) in [6, 6.07) is 4.80. The normalized spacial score (nSPS) is 23.1. The van der Waals surface area contributed by atoms with Crippen LogP contribution in [0.5, 0.6) is 5.75 Å². The topological polar surface area (TPSA) is 52.4 Å². The maximum atomic E-state index is 10.8. The molecule has 0 unspecified atom stereocenters. The van der Waals surface area contributed by atoms with E-state index in [4.69, 9.17) is 4.74 Å². The Kier molecular flexibility index (Phi) is 4.80. The largest absolute Gasteiger partial charge is 0.490 e. The molecule has 0 N–H and O–H groups in total. The van der Waals surface area contributed by atoms with Crippen LogP contribution in [-0.2, 0) is 5.33 Å². The molecule has 1 aliphatic carbocycles. The zero-order valence-corrected chi connectivity index (χ0v) is 12.6. The van der Waals surface area contributed by atoms with Crippen molar-refractivity contribution in [2.75, 3.05) is 0 Å². The first-order chi connectivity index (χ1) is 9.10. The summed E-state index contributed by atoms with van der Waals surface area (Å²) in [4.78, 5) is 10.4. The molecule has 0 amide bonds. The standard InChI is InChI=1S/C14H18BrNO3/c1-10-2-5-13(6-3-10)19-14-7-4-12(16(17)18)8-11(14)9-15/h4,7-8,10,13H,2-3,5-6,9H2,1H3. The number of hydrogen-bond acceptors (Lipinski definition) is 3. The van der Waals surface area contributed by atoms with Crippen molar-refractivity contribution < 1.29 is 9.66 Å². The van der Waals surface area contributed by atoms with Gasteiger partial charge < -0.3 is 4.74 Å². The average molecular weight is 328 g/mol. The molecule has 1 aromatic rings. The van der Waals surface area contributed by atoms with E-state index in [9.17, 15) is 10.1 Å². The van der Waals surface area contributed by atoms with Crippen LogP contribution in [0.3, 0.4) is 0 Å². The maximum Gasteiger partial charge on any atom is 0.270 e. The van der Waals surface area contributed by atoms with Crippen LogP contribution in [0.2, 0.25) is 0 Å². The van der Waals surface area contributed by atoms with Gasteiger partial charge in [0, 0.05) is 23.0 Å². The Morgan fingerprint density at radius 1 is 1.37 bits per heavy atom. The van der Waals surface area contributed by atoms with Crippen LogP contribution < -0.4 is 4.74 Å². The number of nitro groups is 1. The highest BCUT2D eigenvalue weighted by atomic mass is 79.9. The van der Waals surface area contributed by atoms with Crippen molar-refractivity contribution in [2.45, 2.75) is 44.0 Å². The van der Waals surface area contributed by atoms with E-state index in [2.05, 4.69) is 22.9 Å². The van der Waals surface area contributed by atoms with Crippen LogP contribution >= 0.6 is 15.9 Å². The van der Waals surface area contributed by atoms with Gasteiger partial charge in [0.1, 0.15) is 5.75 Å². The highest BCUT2D eigenvalue weighted by molar-refractivity contribution is 9.08. The lowest BCUT2D eigenvalue weighted by atomic mass is 9.89. The Balaban J connectivity index is 2.09. The second kappa shape index (κ2) is 6.37. The molecule has 0 atom stereocenters. The van der Waals surface area contributed by atoms with Crippen molar-refractivity contribution in [2.24, 2.45) is 5.92 Å². The van der Waals surface area contributed by atoms with E-state index >= 15 is 0 Å². The number of non-ortho nitro benzene ring substituents is 1. The molecule has 1 fully saturated rings. The van der Waals surface area contributed by atoms with Crippen LogP contribution in [0.25, 0.3) is 0 Å². The molecule has 0 radical (unpaired) electrons. The first kappa shape index (κ1) is 14.3. The van der Waals surface area contributed by atoms with Gasteiger partial charge >= 0.3 is 0 Å². The molecule has 0 heterocycles. The summed E-state index contributed by atoms with van der Waals surface area (Å²) in [5.41, 5.74) is 0.951. The van der Waals surface area contributed by atoms with E-state index in [-0.39, 0.29) is 16.7 Å². The van der Waals surface area contributed by atoms with Crippen LogP contribution in [0.1, 0.15) is 38.2 Å². The molecular formula is C14H18BrNO3. The first-order valence-electron chi connectivity index (χ1n) is 6.60. The minimum absolute atomic E-state index is 0.110. The third kappa shape index (κ3) is 3.69. The SMILES string of the molecule is CC1CCC(Oc2ccc([N+](=O)[O-])cc2CBr)CC1. The fraction of sp³-hybridized carbons (Fsp3) is 0.571. The molecule has 1 saturated carbocycles. The molecule has 0 saturated heterocycles. The molecular weight excluding hydrogens is 310 g/mol. The average Bonchev–Trinajstić information content (AvgIpc) is 2.41. The second-order valence-electron chi connectivity index (χ2n) is 5.18. The minimum atomic E-state index is -0.377. The number of benzene rings is 1. The molecule has 1 aromatic carbocycles. The zero-order chi connectivity index (χ0) is 13.8. The van der Waals surface area contributed by atoms with E-state index in [1.807, 2.05) is 0 Å². The Morgan fingerprint density at radius 3 is 2.63 bits per heavy atom. The second-order valence-corrected chi connectivity index (χ2v) is 5.74. The van der Waals surface area contributed by atoms with Gasteiger partial charge in [-0.25, -0.2) is 0 Å².